The van der Waals surface area contributed by atoms with Crippen LogP contribution < -0.4 is 5.73 Å². The Morgan fingerprint density at radius 2 is 2.13 bits per heavy atom. The molecule has 0 aliphatic carbocycles. The fourth-order valence-corrected chi connectivity index (χ4v) is 1.73. The lowest BCUT2D eigenvalue weighted by Gasteiger charge is -2.33. The number of esters is 1. The van der Waals surface area contributed by atoms with Crippen LogP contribution in [0.2, 0.25) is 0 Å². The van der Waals surface area contributed by atoms with E-state index in [0.717, 1.165) is 12.8 Å². The number of halogens is 1. The summed E-state index contributed by atoms with van der Waals surface area (Å²) in [5.74, 6) is -0.522. The number of rotatable bonds is 2. The number of piperidine rings is 1. The van der Waals surface area contributed by atoms with Gasteiger partial charge in [-0.15, -0.1) is 12.4 Å². The molecule has 1 saturated heterocycles. The molecule has 1 amide bonds. The maximum absolute atomic E-state index is 11.4. The molecule has 6 heteroatoms. The molecule has 1 aliphatic rings. The quantitative estimate of drug-likeness (QED) is 0.681. The SMILES string of the molecule is COC(=O)C1CCCCN1C(=O)CN.Cl. The second-order valence-corrected chi connectivity index (χ2v) is 3.33. The molecule has 0 aromatic carbocycles. The molecule has 1 heterocycles. The Morgan fingerprint density at radius 1 is 1.47 bits per heavy atom. The zero-order chi connectivity index (χ0) is 10.6. The van der Waals surface area contributed by atoms with Gasteiger partial charge in [0.05, 0.1) is 13.7 Å². The van der Waals surface area contributed by atoms with E-state index < -0.39 is 6.04 Å². The second kappa shape index (κ2) is 6.63. The van der Waals surface area contributed by atoms with Gasteiger partial charge in [-0.3, -0.25) is 4.79 Å². The van der Waals surface area contributed by atoms with E-state index in [4.69, 9.17) is 5.73 Å². The maximum atomic E-state index is 11.4. The van der Waals surface area contributed by atoms with Gasteiger partial charge < -0.3 is 15.4 Å². The molecule has 88 valence electrons. The van der Waals surface area contributed by atoms with Crippen molar-refractivity contribution >= 4 is 24.3 Å². The Labute approximate surface area is 95.3 Å². The molecule has 0 spiro atoms. The highest BCUT2D eigenvalue weighted by molar-refractivity contribution is 5.86. The average molecular weight is 237 g/mol. The Kier molecular flexibility index (Phi) is 6.27. The molecule has 1 unspecified atom stereocenters. The first kappa shape index (κ1) is 14.2. The van der Waals surface area contributed by atoms with E-state index in [1.54, 1.807) is 0 Å². The van der Waals surface area contributed by atoms with Gasteiger partial charge in [-0.05, 0) is 19.3 Å². The van der Waals surface area contributed by atoms with E-state index in [0.29, 0.717) is 13.0 Å². The molecule has 0 aromatic heterocycles. The first-order valence-electron chi connectivity index (χ1n) is 4.78. The molecule has 1 rings (SSSR count). The van der Waals surface area contributed by atoms with Crippen LogP contribution in [-0.4, -0.2) is 43.0 Å². The molecular weight excluding hydrogens is 220 g/mol. The smallest absolute Gasteiger partial charge is 0.328 e. The Bertz CT molecular complexity index is 211. The van der Waals surface area contributed by atoms with Crippen LogP contribution >= 0.6 is 12.4 Å². The van der Waals surface area contributed by atoms with Crippen LogP contribution in [0.25, 0.3) is 0 Å². The maximum Gasteiger partial charge on any atom is 0.328 e. The summed E-state index contributed by atoms with van der Waals surface area (Å²) in [7, 11) is 1.34. The normalized spacial score (nSPS) is 20.4. The van der Waals surface area contributed by atoms with Crippen LogP contribution in [0.1, 0.15) is 19.3 Å². The third-order valence-corrected chi connectivity index (χ3v) is 2.47. The number of likely N-dealkylation sites (tertiary alicyclic amines) is 1. The number of amides is 1. The predicted molar refractivity (Wildman–Crippen MR) is 57.7 cm³/mol. The van der Waals surface area contributed by atoms with Gasteiger partial charge >= 0.3 is 5.97 Å². The molecule has 0 aromatic rings. The summed E-state index contributed by atoms with van der Waals surface area (Å²) in [5.41, 5.74) is 5.26. The summed E-state index contributed by atoms with van der Waals surface area (Å²) in [4.78, 5) is 24.3. The first-order valence-corrected chi connectivity index (χ1v) is 4.78. The van der Waals surface area contributed by atoms with Crippen molar-refractivity contribution in [2.75, 3.05) is 20.2 Å². The minimum atomic E-state index is -0.426. The lowest BCUT2D eigenvalue weighted by Crippen LogP contribution is -2.50. The molecule has 15 heavy (non-hydrogen) atoms. The van der Waals surface area contributed by atoms with Crippen molar-refractivity contribution in [1.82, 2.24) is 4.90 Å². The van der Waals surface area contributed by atoms with Crippen molar-refractivity contribution in [1.29, 1.82) is 0 Å². The molecule has 0 bridgehead atoms. The zero-order valence-electron chi connectivity index (χ0n) is 8.77. The molecule has 0 saturated carbocycles. The van der Waals surface area contributed by atoms with Crippen molar-refractivity contribution in [3.8, 4) is 0 Å². The van der Waals surface area contributed by atoms with Gasteiger partial charge in [-0.1, -0.05) is 0 Å². The lowest BCUT2D eigenvalue weighted by atomic mass is 10.0. The van der Waals surface area contributed by atoms with Gasteiger partial charge in [0.2, 0.25) is 5.91 Å². The first-order chi connectivity index (χ1) is 6.70. The van der Waals surface area contributed by atoms with E-state index in [2.05, 4.69) is 4.74 Å². The monoisotopic (exact) mass is 236 g/mol. The summed E-state index contributed by atoms with van der Waals surface area (Å²) in [6, 6.07) is -0.426. The van der Waals surface area contributed by atoms with Crippen LogP contribution in [0.3, 0.4) is 0 Å². The summed E-state index contributed by atoms with van der Waals surface area (Å²) < 4.78 is 4.64. The summed E-state index contributed by atoms with van der Waals surface area (Å²) >= 11 is 0. The molecular formula is C9H17ClN2O3. The Morgan fingerprint density at radius 3 is 2.67 bits per heavy atom. The third kappa shape index (κ3) is 3.35. The van der Waals surface area contributed by atoms with E-state index in [-0.39, 0.29) is 30.8 Å². The molecule has 1 fully saturated rings. The number of nitrogens with two attached hydrogens (primary N) is 1. The van der Waals surface area contributed by atoms with Crippen LogP contribution in [0.15, 0.2) is 0 Å². The topological polar surface area (TPSA) is 72.6 Å². The van der Waals surface area contributed by atoms with Crippen molar-refractivity contribution < 1.29 is 14.3 Å². The highest BCUT2D eigenvalue weighted by Gasteiger charge is 2.31. The molecule has 1 atom stereocenters. The van der Waals surface area contributed by atoms with E-state index in [1.807, 2.05) is 0 Å². The third-order valence-electron chi connectivity index (χ3n) is 2.47. The van der Waals surface area contributed by atoms with Gasteiger partial charge in [-0.2, -0.15) is 0 Å². The highest BCUT2D eigenvalue weighted by Crippen LogP contribution is 2.17. The fourth-order valence-electron chi connectivity index (χ4n) is 1.73. The number of carbonyl (C=O) groups is 2. The molecule has 2 N–H and O–H groups in total. The summed E-state index contributed by atoms with van der Waals surface area (Å²) in [6.07, 6.45) is 2.56. The van der Waals surface area contributed by atoms with Gasteiger partial charge in [0, 0.05) is 6.54 Å². The van der Waals surface area contributed by atoms with E-state index in [9.17, 15) is 9.59 Å². The Hall–Kier alpha value is -0.810. The minimum absolute atomic E-state index is 0. The summed E-state index contributed by atoms with van der Waals surface area (Å²) in [5, 5.41) is 0. The fraction of sp³-hybridized carbons (Fsp3) is 0.778. The number of hydrogen-bond donors (Lipinski definition) is 1. The molecule has 1 aliphatic heterocycles. The van der Waals surface area contributed by atoms with Gasteiger partial charge in [0.1, 0.15) is 6.04 Å². The molecule has 0 radical (unpaired) electrons. The number of methoxy groups -OCH3 is 1. The van der Waals surface area contributed by atoms with Crippen molar-refractivity contribution in [2.45, 2.75) is 25.3 Å². The number of nitrogens with zero attached hydrogens (tertiary/aromatic N) is 1. The standard InChI is InChI=1S/C9H16N2O3.ClH/c1-14-9(13)7-4-2-3-5-11(7)8(12)6-10;/h7H,2-6,10H2,1H3;1H. The summed E-state index contributed by atoms with van der Waals surface area (Å²) in [6.45, 7) is 0.559. The largest absolute Gasteiger partial charge is 0.467 e. The van der Waals surface area contributed by atoms with Crippen molar-refractivity contribution in [2.24, 2.45) is 5.73 Å². The zero-order valence-corrected chi connectivity index (χ0v) is 9.59. The van der Waals surface area contributed by atoms with Crippen LogP contribution in [0.5, 0.6) is 0 Å². The van der Waals surface area contributed by atoms with Gasteiger partial charge in [0.15, 0.2) is 0 Å². The number of ether oxygens (including phenoxy) is 1. The second-order valence-electron chi connectivity index (χ2n) is 3.33. The highest BCUT2D eigenvalue weighted by atomic mass is 35.5. The van der Waals surface area contributed by atoms with Crippen LogP contribution in [-0.2, 0) is 14.3 Å². The van der Waals surface area contributed by atoms with Crippen LogP contribution in [0.4, 0.5) is 0 Å². The van der Waals surface area contributed by atoms with Crippen LogP contribution in [0, 0.1) is 0 Å². The number of hydrogen-bond acceptors (Lipinski definition) is 4. The number of carbonyl (C=O) groups excluding carboxylic acids is 2. The lowest BCUT2D eigenvalue weighted by molar-refractivity contribution is -0.154. The van der Waals surface area contributed by atoms with Gasteiger partial charge in [-0.25, -0.2) is 4.79 Å². The van der Waals surface area contributed by atoms with Crippen molar-refractivity contribution in [3.05, 3.63) is 0 Å². The Balaban J connectivity index is 0.00000196. The predicted octanol–water partition coefficient (Wildman–Crippen LogP) is -0.0790. The minimum Gasteiger partial charge on any atom is -0.467 e. The van der Waals surface area contributed by atoms with Crippen molar-refractivity contribution in [3.63, 3.8) is 0 Å². The molecule has 5 nitrogen and oxygen atoms in total. The van der Waals surface area contributed by atoms with E-state index in [1.165, 1.54) is 12.0 Å². The van der Waals surface area contributed by atoms with Gasteiger partial charge in [0.25, 0.3) is 0 Å². The average Bonchev–Trinajstić information content (AvgIpc) is 2.27. The van der Waals surface area contributed by atoms with E-state index >= 15 is 0 Å².